The van der Waals surface area contributed by atoms with E-state index in [9.17, 15) is 0 Å². The molecule has 0 amide bonds. The average Bonchev–Trinajstić information content (AvgIpc) is 2.71. The molecule has 1 unspecified atom stereocenters. The second-order valence-corrected chi connectivity index (χ2v) is 5.17. The second kappa shape index (κ2) is 7.89. The topological polar surface area (TPSA) is 12.0 Å². The Balaban J connectivity index is 2.29. The fraction of sp³-hybridized carbons (Fsp3) is 0.692. The first-order valence-electron chi connectivity index (χ1n) is 6.09. The highest BCUT2D eigenvalue weighted by Crippen LogP contribution is 2.17. The fourth-order valence-electron chi connectivity index (χ4n) is 1.88. The minimum absolute atomic E-state index is 0.820. The lowest BCUT2D eigenvalue weighted by molar-refractivity contribution is 0.441. The van der Waals surface area contributed by atoms with Crippen LogP contribution in [0.2, 0.25) is 0 Å². The van der Waals surface area contributed by atoms with Gasteiger partial charge in [-0.1, -0.05) is 26.3 Å². The highest BCUT2D eigenvalue weighted by atomic mass is 32.1. The van der Waals surface area contributed by atoms with Crippen molar-refractivity contribution in [2.45, 2.75) is 39.5 Å². The number of hydrogen-bond acceptors (Lipinski definition) is 2. The molecular formula is C13H23NS. The van der Waals surface area contributed by atoms with E-state index in [0.717, 1.165) is 12.5 Å². The molecular weight excluding hydrogens is 202 g/mol. The minimum atomic E-state index is 0.820. The second-order valence-electron chi connectivity index (χ2n) is 4.14. The lowest BCUT2D eigenvalue weighted by Crippen LogP contribution is -2.24. The molecule has 0 aliphatic rings. The maximum absolute atomic E-state index is 3.54. The van der Waals surface area contributed by atoms with Crippen molar-refractivity contribution in [1.82, 2.24) is 5.32 Å². The Labute approximate surface area is 97.9 Å². The van der Waals surface area contributed by atoms with Crippen LogP contribution in [0.5, 0.6) is 0 Å². The normalized spacial score (nSPS) is 12.9. The van der Waals surface area contributed by atoms with Crippen molar-refractivity contribution in [1.29, 1.82) is 0 Å². The molecule has 2 heteroatoms. The van der Waals surface area contributed by atoms with Gasteiger partial charge in [-0.15, -0.1) is 11.3 Å². The van der Waals surface area contributed by atoms with Gasteiger partial charge in [0.05, 0.1) is 0 Å². The summed E-state index contributed by atoms with van der Waals surface area (Å²) in [6, 6.07) is 4.41. The van der Waals surface area contributed by atoms with E-state index in [1.165, 1.54) is 37.1 Å². The summed E-state index contributed by atoms with van der Waals surface area (Å²) in [5.41, 5.74) is 0. The molecule has 0 saturated carbocycles. The Morgan fingerprint density at radius 2 is 2.20 bits per heavy atom. The van der Waals surface area contributed by atoms with E-state index in [1.54, 1.807) is 0 Å². The lowest BCUT2D eigenvalue weighted by Gasteiger charge is -2.15. The standard InChI is InChI=1S/C13H23NS/c1-3-6-12(11-14-8-4-2)10-13-7-5-9-15-13/h5,7,9,12,14H,3-4,6,8,10-11H2,1-2H3. The zero-order valence-corrected chi connectivity index (χ0v) is 10.8. The van der Waals surface area contributed by atoms with Crippen LogP contribution >= 0.6 is 11.3 Å². The number of rotatable bonds is 8. The van der Waals surface area contributed by atoms with E-state index in [1.807, 2.05) is 11.3 Å². The Morgan fingerprint density at radius 3 is 2.80 bits per heavy atom. The predicted molar refractivity (Wildman–Crippen MR) is 69.6 cm³/mol. The van der Waals surface area contributed by atoms with Crippen LogP contribution in [0.25, 0.3) is 0 Å². The molecule has 1 rings (SSSR count). The molecule has 0 fully saturated rings. The zero-order chi connectivity index (χ0) is 10.9. The molecule has 1 aromatic heterocycles. The van der Waals surface area contributed by atoms with Gasteiger partial charge in [-0.25, -0.2) is 0 Å². The van der Waals surface area contributed by atoms with E-state index in [-0.39, 0.29) is 0 Å². The largest absolute Gasteiger partial charge is 0.316 e. The van der Waals surface area contributed by atoms with Crippen molar-refractivity contribution in [2.75, 3.05) is 13.1 Å². The van der Waals surface area contributed by atoms with E-state index in [2.05, 4.69) is 36.7 Å². The molecule has 15 heavy (non-hydrogen) atoms. The average molecular weight is 225 g/mol. The third-order valence-corrected chi connectivity index (χ3v) is 3.53. The van der Waals surface area contributed by atoms with Gasteiger partial charge in [0.25, 0.3) is 0 Å². The Kier molecular flexibility index (Phi) is 6.69. The molecule has 0 aromatic carbocycles. The van der Waals surface area contributed by atoms with Crippen LogP contribution in [0.3, 0.4) is 0 Å². The van der Waals surface area contributed by atoms with Gasteiger partial charge in [0.2, 0.25) is 0 Å². The summed E-state index contributed by atoms with van der Waals surface area (Å²) in [6.45, 7) is 6.84. The van der Waals surface area contributed by atoms with E-state index in [4.69, 9.17) is 0 Å². The molecule has 0 aliphatic carbocycles. The Bertz CT molecular complexity index is 231. The van der Waals surface area contributed by atoms with E-state index < -0.39 is 0 Å². The molecule has 1 aromatic rings. The molecule has 1 nitrogen and oxygen atoms in total. The van der Waals surface area contributed by atoms with E-state index >= 15 is 0 Å². The third-order valence-electron chi connectivity index (χ3n) is 2.63. The molecule has 1 N–H and O–H groups in total. The molecule has 0 saturated heterocycles. The smallest absolute Gasteiger partial charge is 0.00484 e. The van der Waals surface area contributed by atoms with Gasteiger partial charge in [-0.2, -0.15) is 0 Å². The van der Waals surface area contributed by atoms with Crippen LogP contribution in [-0.2, 0) is 6.42 Å². The van der Waals surface area contributed by atoms with Gasteiger partial charge in [-0.05, 0) is 49.7 Å². The van der Waals surface area contributed by atoms with Crippen molar-refractivity contribution >= 4 is 11.3 Å². The monoisotopic (exact) mass is 225 g/mol. The Morgan fingerprint density at radius 1 is 1.33 bits per heavy atom. The van der Waals surface area contributed by atoms with Crippen LogP contribution in [0.4, 0.5) is 0 Å². The summed E-state index contributed by atoms with van der Waals surface area (Å²) >= 11 is 1.89. The summed E-state index contributed by atoms with van der Waals surface area (Å²) in [6.07, 6.45) is 5.12. The van der Waals surface area contributed by atoms with Crippen LogP contribution in [0.15, 0.2) is 17.5 Å². The van der Waals surface area contributed by atoms with Crippen molar-refractivity contribution in [2.24, 2.45) is 5.92 Å². The summed E-state index contributed by atoms with van der Waals surface area (Å²) in [5, 5.41) is 5.72. The SMILES string of the molecule is CCCNCC(CCC)Cc1cccs1. The highest BCUT2D eigenvalue weighted by Gasteiger charge is 2.08. The molecule has 86 valence electrons. The molecule has 0 bridgehead atoms. The third kappa shape index (κ3) is 5.33. The van der Waals surface area contributed by atoms with Crippen molar-refractivity contribution in [3.05, 3.63) is 22.4 Å². The maximum atomic E-state index is 3.54. The number of nitrogens with one attached hydrogen (secondary N) is 1. The molecule has 1 atom stereocenters. The quantitative estimate of drug-likeness (QED) is 0.665. The summed E-state index contributed by atoms with van der Waals surface area (Å²) in [7, 11) is 0. The van der Waals surface area contributed by atoms with Crippen LogP contribution in [-0.4, -0.2) is 13.1 Å². The first-order chi connectivity index (χ1) is 7.36. The van der Waals surface area contributed by atoms with Gasteiger partial charge in [0, 0.05) is 4.88 Å². The molecule has 1 heterocycles. The van der Waals surface area contributed by atoms with Gasteiger partial charge < -0.3 is 5.32 Å². The van der Waals surface area contributed by atoms with Crippen molar-refractivity contribution in [3.8, 4) is 0 Å². The first-order valence-corrected chi connectivity index (χ1v) is 6.97. The van der Waals surface area contributed by atoms with Crippen molar-refractivity contribution in [3.63, 3.8) is 0 Å². The van der Waals surface area contributed by atoms with Gasteiger partial charge >= 0.3 is 0 Å². The van der Waals surface area contributed by atoms with E-state index in [0.29, 0.717) is 0 Å². The number of thiophene rings is 1. The lowest BCUT2D eigenvalue weighted by atomic mass is 9.99. The maximum Gasteiger partial charge on any atom is 0.00484 e. The van der Waals surface area contributed by atoms with Gasteiger partial charge in [0.1, 0.15) is 0 Å². The first kappa shape index (κ1) is 12.7. The highest BCUT2D eigenvalue weighted by molar-refractivity contribution is 7.09. The number of hydrogen-bond donors (Lipinski definition) is 1. The summed E-state index contributed by atoms with van der Waals surface area (Å²) < 4.78 is 0. The Hall–Kier alpha value is -0.340. The van der Waals surface area contributed by atoms with Crippen LogP contribution in [0.1, 0.15) is 38.0 Å². The van der Waals surface area contributed by atoms with Gasteiger partial charge in [0.15, 0.2) is 0 Å². The molecule has 0 radical (unpaired) electrons. The van der Waals surface area contributed by atoms with Crippen molar-refractivity contribution < 1.29 is 0 Å². The van der Waals surface area contributed by atoms with Crippen LogP contribution in [0, 0.1) is 5.92 Å². The summed E-state index contributed by atoms with van der Waals surface area (Å²) in [4.78, 5) is 1.53. The van der Waals surface area contributed by atoms with Gasteiger partial charge in [-0.3, -0.25) is 0 Å². The zero-order valence-electron chi connectivity index (χ0n) is 9.96. The molecule has 0 aliphatic heterocycles. The summed E-state index contributed by atoms with van der Waals surface area (Å²) in [5.74, 6) is 0.820. The minimum Gasteiger partial charge on any atom is -0.316 e. The molecule has 0 spiro atoms. The van der Waals surface area contributed by atoms with Crippen LogP contribution < -0.4 is 5.32 Å². The fourth-order valence-corrected chi connectivity index (χ4v) is 2.70. The predicted octanol–water partition coefficient (Wildman–Crippen LogP) is 3.71.